The van der Waals surface area contributed by atoms with Crippen LogP contribution in [0.4, 0.5) is 0 Å². The monoisotopic (exact) mass is 245 g/mol. The summed E-state index contributed by atoms with van der Waals surface area (Å²) in [5.74, 6) is 0.886. The van der Waals surface area contributed by atoms with E-state index in [4.69, 9.17) is 4.74 Å². The van der Waals surface area contributed by atoms with E-state index in [9.17, 15) is 0 Å². The summed E-state index contributed by atoms with van der Waals surface area (Å²) in [6.45, 7) is 3.93. The normalized spacial score (nSPS) is 12.3. The van der Waals surface area contributed by atoms with E-state index in [2.05, 4.69) is 33.9 Å². The molecule has 0 radical (unpaired) electrons. The second-order valence-electron chi connectivity index (χ2n) is 4.14. The van der Waals surface area contributed by atoms with Crippen LogP contribution in [-0.2, 0) is 6.54 Å². The van der Waals surface area contributed by atoms with Crippen LogP contribution in [0.2, 0.25) is 0 Å². The number of nitrogens with one attached hydrogen (secondary N) is 1. The van der Waals surface area contributed by atoms with E-state index in [0.717, 1.165) is 18.8 Å². The average Bonchev–Trinajstić information content (AvgIpc) is 2.91. The van der Waals surface area contributed by atoms with Crippen LogP contribution in [0.15, 0.2) is 43.0 Å². The highest BCUT2D eigenvalue weighted by Crippen LogP contribution is 2.19. The number of imidazole rings is 1. The fraction of sp³-hybridized carbons (Fsp3) is 0.357. The minimum absolute atomic E-state index is 0.287. The molecule has 1 unspecified atom stereocenters. The fourth-order valence-electron chi connectivity index (χ4n) is 1.98. The van der Waals surface area contributed by atoms with Crippen molar-refractivity contribution >= 4 is 0 Å². The van der Waals surface area contributed by atoms with Gasteiger partial charge in [-0.1, -0.05) is 19.1 Å². The third-order valence-electron chi connectivity index (χ3n) is 2.92. The van der Waals surface area contributed by atoms with Crippen LogP contribution in [0.5, 0.6) is 5.75 Å². The van der Waals surface area contributed by atoms with Crippen molar-refractivity contribution in [3.8, 4) is 5.75 Å². The van der Waals surface area contributed by atoms with Gasteiger partial charge in [-0.3, -0.25) is 0 Å². The summed E-state index contributed by atoms with van der Waals surface area (Å²) < 4.78 is 7.26. The molecule has 2 aromatic rings. The minimum Gasteiger partial charge on any atom is -0.497 e. The Morgan fingerprint density at radius 3 is 2.67 bits per heavy atom. The molecule has 0 amide bonds. The second-order valence-corrected chi connectivity index (χ2v) is 4.14. The highest BCUT2D eigenvalue weighted by atomic mass is 16.5. The molecule has 18 heavy (non-hydrogen) atoms. The number of hydrogen-bond acceptors (Lipinski definition) is 3. The molecule has 1 aromatic carbocycles. The topological polar surface area (TPSA) is 39.1 Å². The number of benzene rings is 1. The SMILES string of the molecule is CCNC(Cn1ccnc1)c1ccc(OC)cc1. The molecule has 0 aliphatic carbocycles. The maximum absolute atomic E-state index is 5.18. The molecule has 0 saturated carbocycles. The lowest BCUT2D eigenvalue weighted by Crippen LogP contribution is -2.24. The number of rotatable bonds is 6. The van der Waals surface area contributed by atoms with Crippen molar-refractivity contribution in [2.24, 2.45) is 0 Å². The zero-order chi connectivity index (χ0) is 12.8. The molecule has 0 aliphatic rings. The predicted octanol–water partition coefficient (Wildman–Crippen LogP) is 2.24. The van der Waals surface area contributed by atoms with Gasteiger partial charge in [0.15, 0.2) is 0 Å². The third-order valence-corrected chi connectivity index (χ3v) is 2.92. The number of likely N-dealkylation sites (N-methyl/N-ethyl adjacent to an activating group) is 1. The molecule has 0 fully saturated rings. The van der Waals surface area contributed by atoms with Crippen molar-refractivity contribution in [2.45, 2.75) is 19.5 Å². The molecule has 0 spiro atoms. The van der Waals surface area contributed by atoms with Crippen molar-refractivity contribution in [2.75, 3.05) is 13.7 Å². The van der Waals surface area contributed by atoms with E-state index in [0.29, 0.717) is 0 Å². The van der Waals surface area contributed by atoms with Crippen LogP contribution in [0.3, 0.4) is 0 Å². The van der Waals surface area contributed by atoms with Gasteiger partial charge in [0.2, 0.25) is 0 Å². The van der Waals surface area contributed by atoms with Crippen LogP contribution in [0, 0.1) is 0 Å². The van der Waals surface area contributed by atoms with Crippen molar-refractivity contribution in [3.63, 3.8) is 0 Å². The van der Waals surface area contributed by atoms with Crippen LogP contribution in [0.25, 0.3) is 0 Å². The van der Waals surface area contributed by atoms with Gasteiger partial charge in [0.05, 0.1) is 19.5 Å². The van der Waals surface area contributed by atoms with Crippen molar-refractivity contribution in [1.29, 1.82) is 0 Å². The van der Waals surface area contributed by atoms with Gasteiger partial charge in [-0.25, -0.2) is 4.98 Å². The summed E-state index contributed by atoms with van der Waals surface area (Å²) in [7, 11) is 1.68. The molecule has 0 saturated heterocycles. The number of ether oxygens (including phenoxy) is 1. The Kier molecular flexibility index (Phi) is 4.36. The lowest BCUT2D eigenvalue weighted by Gasteiger charge is -2.19. The van der Waals surface area contributed by atoms with Gasteiger partial charge < -0.3 is 14.6 Å². The van der Waals surface area contributed by atoms with E-state index in [1.54, 1.807) is 13.3 Å². The quantitative estimate of drug-likeness (QED) is 0.848. The maximum Gasteiger partial charge on any atom is 0.118 e. The molecular formula is C14H19N3O. The molecule has 0 aliphatic heterocycles. The molecule has 4 heteroatoms. The zero-order valence-corrected chi connectivity index (χ0v) is 10.8. The fourth-order valence-corrected chi connectivity index (χ4v) is 1.98. The van der Waals surface area contributed by atoms with Gasteiger partial charge in [0.25, 0.3) is 0 Å². The molecule has 0 bridgehead atoms. The lowest BCUT2D eigenvalue weighted by atomic mass is 10.1. The van der Waals surface area contributed by atoms with Gasteiger partial charge >= 0.3 is 0 Å². The molecule has 1 aromatic heterocycles. The average molecular weight is 245 g/mol. The van der Waals surface area contributed by atoms with Crippen LogP contribution >= 0.6 is 0 Å². The highest BCUT2D eigenvalue weighted by molar-refractivity contribution is 5.29. The first-order valence-electron chi connectivity index (χ1n) is 6.16. The maximum atomic E-state index is 5.18. The van der Waals surface area contributed by atoms with Crippen LogP contribution in [-0.4, -0.2) is 23.2 Å². The summed E-state index contributed by atoms with van der Waals surface area (Å²) in [5.41, 5.74) is 1.26. The van der Waals surface area contributed by atoms with Gasteiger partial charge in [0.1, 0.15) is 5.75 Å². The van der Waals surface area contributed by atoms with Crippen molar-refractivity contribution in [1.82, 2.24) is 14.9 Å². The first kappa shape index (κ1) is 12.6. The summed E-state index contributed by atoms with van der Waals surface area (Å²) in [6, 6.07) is 8.47. The van der Waals surface area contributed by atoms with Crippen LogP contribution < -0.4 is 10.1 Å². The first-order chi connectivity index (χ1) is 8.83. The van der Waals surface area contributed by atoms with E-state index >= 15 is 0 Å². The Morgan fingerprint density at radius 2 is 2.11 bits per heavy atom. The molecule has 1 heterocycles. The first-order valence-corrected chi connectivity index (χ1v) is 6.16. The predicted molar refractivity (Wildman–Crippen MR) is 71.6 cm³/mol. The Hall–Kier alpha value is -1.81. The van der Waals surface area contributed by atoms with Gasteiger partial charge in [-0.15, -0.1) is 0 Å². The van der Waals surface area contributed by atoms with E-state index in [-0.39, 0.29) is 6.04 Å². The van der Waals surface area contributed by atoms with Crippen molar-refractivity contribution < 1.29 is 4.74 Å². The zero-order valence-electron chi connectivity index (χ0n) is 10.8. The Morgan fingerprint density at radius 1 is 1.33 bits per heavy atom. The Labute approximate surface area is 108 Å². The van der Waals surface area contributed by atoms with Crippen molar-refractivity contribution in [3.05, 3.63) is 48.5 Å². The smallest absolute Gasteiger partial charge is 0.118 e. The molecular weight excluding hydrogens is 226 g/mol. The minimum atomic E-state index is 0.287. The van der Waals surface area contributed by atoms with Gasteiger partial charge in [-0.2, -0.15) is 0 Å². The summed E-state index contributed by atoms with van der Waals surface area (Å²) in [4.78, 5) is 4.07. The molecule has 4 nitrogen and oxygen atoms in total. The largest absolute Gasteiger partial charge is 0.497 e. The lowest BCUT2D eigenvalue weighted by molar-refractivity contribution is 0.413. The van der Waals surface area contributed by atoms with Crippen LogP contribution in [0.1, 0.15) is 18.5 Å². The highest BCUT2D eigenvalue weighted by Gasteiger charge is 2.10. The summed E-state index contributed by atoms with van der Waals surface area (Å²) >= 11 is 0. The Bertz CT molecular complexity index is 450. The number of methoxy groups -OCH3 is 1. The number of nitrogens with zero attached hydrogens (tertiary/aromatic N) is 2. The Balaban J connectivity index is 2.12. The standard InChI is InChI=1S/C14H19N3O/c1-3-16-14(10-17-9-8-15-11-17)12-4-6-13(18-2)7-5-12/h4-9,11,14,16H,3,10H2,1-2H3. The van der Waals surface area contributed by atoms with E-state index in [1.165, 1.54) is 5.56 Å². The molecule has 1 atom stereocenters. The summed E-state index contributed by atoms with van der Waals surface area (Å²) in [6.07, 6.45) is 5.62. The number of aromatic nitrogens is 2. The molecule has 2 rings (SSSR count). The van der Waals surface area contributed by atoms with Gasteiger partial charge in [-0.05, 0) is 24.2 Å². The molecule has 1 N–H and O–H groups in total. The van der Waals surface area contributed by atoms with E-state index < -0.39 is 0 Å². The number of hydrogen-bond donors (Lipinski definition) is 1. The molecule has 96 valence electrons. The van der Waals surface area contributed by atoms with E-state index in [1.807, 2.05) is 24.7 Å². The second kappa shape index (κ2) is 6.21. The summed E-state index contributed by atoms with van der Waals surface area (Å²) in [5, 5.41) is 3.49. The third kappa shape index (κ3) is 3.11. The van der Waals surface area contributed by atoms with Gasteiger partial charge in [0, 0.05) is 18.9 Å².